The van der Waals surface area contributed by atoms with Gasteiger partial charge in [0.25, 0.3) is 0 Å². The Balaban J connectivity index is 1.54. The lowest BCUT2D eigenvalue weighted by atomic mass is 9.77. The summed E-state index contributed by atoms with van der Waals surface area (Å²) in [6, 6.07) is 0. The summed E-state index contributed by atoms with van der Waals surface area (Å²) in [5.41, 5.74) is 6.95. The highest BCUT2D eigenvalue weighted by Crippen LogP contribution is 2.40. The number of rotatable bonds is 3. The van der Waals surface area contributed by atoms with Crippen LogP contribution in [0.4, 0.5) is 0 Å². The molecule has 0 aliphatic heterocycles. The molecule has 0 unspecified atom stereocenters. The molecule has 3 aromatic rings. The van der Waals surface area contributed by atoms with Crippen LogP contribution >= 0.6 is 11.3 Å². The molecule has 3 heterocycles. The van der Waals surface area contributed by atoms with E-state index in [4.69, 9.17) is 5.73 Å². The molecule has 3 N–H and O–H groups in total. The van der Waals surface area contributed by atoms with E-state index in [1.807, 2.05) is 10.7 Å². The maximum Gasteiger partial charge on any atom is 0.235 e. The molecule has 7 nitrogen and oxygen atoms in total. The lowest BCUT2D eigenvalue weighted by molar-refractivity contribution is 0.240. The zero-order valence-electron chi connectivity index (χ0n) is 11.4. The van der Waals surface area contributed by atoms with Crippen LogP contribution in [0.2, 0.25) is 0 Å². The molecule has 8 heteroatoms. The normalized spacial score (nSPS) is 20.8. The largest absolute Gasteiger partial charge is 0.338 e. The van der Waals surface area contributed by atoms with Gasteiger partial charge in [-0.25, -0.2) is 4.98 Å². The molecule has 2 saturated carbocycles. The number of aromatic amines is 1. The Hall–Kier alpha value is -1.80. The van der Waals surface area contributed by atoms with Crippen LogP contribution in [0.15, 0.2) is 6.20 Å². The van der Waals surface area contributed by atoms with Crippen molar-refractivity contribution in [2.75, 3.05) is 0 Å². The first-order valence-electron chi connectivity index (χ1n) is 7.30. The molecule has 5 rings (SSSR count). The predicted molar refractivity (Wildman–Crippen MR) is 77.9 cm³/mol. The van der Waals surface area contributed by atoms with Gasteiger partial charge in [0, 0.05) is 5.92 Å². The standard InChI is InChI=1S/C13H15N7S/c14-13(4-1-5-13)11-15-6-8(16-11)10-19-20-9(7-2-3-7)17-18-12(20)21-10/h6-7H,1-5,14H2,(H,15,16). The van der Waals surface area contributed by atoms with Gasteiger partial charge in [0.1, 0.15) is 5.82 Å². The highest BCUT2D eigenvalue weighted by Gasteiger charge is 2.37. The fourth-order valence-corrected chi connectivity index (χ4v) is 3.63. The van der Waals surface area contributed by atoms with Gasteiger partial charge in [-0.15, -0.1) is 10.2 Å². The van der Waals surface area contributed by atoms with Crippen molar-refractivity contribution in [3.8, 4) is 10.7 Å². The predicted octanol–water partition coefficient (Wildman–Crippen LogP) is 1.79. The Kier molecular flexibility index (Phi) is 2.19. The highest BCUT2D eigenvalue weighted by molar-refractivity contribution is 7.19. The summed E-state index contributed by atoms with van der Waals surface area (Å²) in [5.74, 6) is 2.40. The first-order chi connectivity index (χ1) is 10.2. The number of nitrogens with two attached hydrogens (primary N) is 1. The molecule has 2 aliphatic carbocycles. The summed E-state index contributed by atoms with van der Waals surface area (Å²) in [7, 11) is 0. The lowest BCUT2D eigenvalue weighted by Gasteiger charge is -2.35. The Labute approximate surface area is 124 Å². The third-order valence-electron chi connectivity index (χ3n) is 4.48. The third-order valence-corrected chi connectivity index (χ3v) is 5.41. The van der Waals surface area contributed by atoms with Gasteiger partial charge in [0.2, 0.25) is 4.96 Å². The number of hydrogen-bond donors (Lipinski definition) is 2. The van der Waals surface area contributed by atoms with E-state index in [9.17, 15) is 0 Å². The molecule has 0 saturated heterocycles. The number of hydrogen-bond acceptors (Lipinski definition) is 6. The van der Waals surface area contributed by atoms with Crippen LogP contribution < -0.4 is 5.73 Å². The van der Waals surface area contributed by atoms with Gasteiger partial charge >= 0.3 is 0 Å². The number of H-pyrrole nitrogens is 1. The smallest absolute Gasteiger partial charge is 0.235 e. The number of fused-ring (bicyclic) bond motifs is 1. The minimum Gasteiger partial charge on any atom is -0.338 e. The van der Waals surface area contributed by atoms with Crippen molar-refractivity contribution in [2.24, 2.45) is 5.73 Å². The number of nitrogens with zero attached hydrogens (tertiary/aromatic N) is 5. The van der Waals surface area contributed by atoms with Gasteiger partial charge < -0.3 is 10.7 Å². The van der Waals surface area contributed by atoms with E-state index in [-0.39, 0.29) is 5.54 Å². The maximum absolute atomic E-state index is 6.30. The van der Waals surface area contributed by atoms with Crippen molar-refractivity contribution < 1.29 is 0 Å². The van der Waals surface area contributed by atoms with Crippen molar-refractivity contribution in [1.29, 1.82) is 0 Å². The molecule has 0 bridgehead atoms. The van der Waals surface area contributed by atoms with Gasteiger partial charge in [-0.1, -0.05) is 11.3 Å². The summed E-state index contributed by atoms with van der Waals surface area (Å²) >= 11 is 1.53. The topological polar surface area (TPSA) is 97.8 Å². The molecule has 0 radical (unpaired) electrons. The summed E-state index contributed by atoms with van der Waals surface area (Å²) in [4.78, 5) is 8.63. The number of nitrogens with one attached hydrogen (secondary N) is 1. The van der Waals surface area contributed by atoms with Crippen LogP contribution in [0.25, 0.3) is 15.7 Å². The average Bonchev–Trinajstić information content (AvgIpc) is 2.89. The Morgan fingerprint density at radius 2 is 2.19 bits per heavy atom. The summed E-state index contributed by atoms with van der Waals surface area (Å²) in [6.45, 7) is 0. The zero-order valence-corrected chi connectivity index (χ0v) is 12.2. The first kappa shape index (κ1) is 11.8. The molecular weight excluding hydrogens is 286 g/mol. The van der Waals surface area contributed by atoms with Crippen molar-refractivity contribution in [3.63, 3.8) is 0 Å². The molecule has 108 valence electrons. The van der Waals surface area contributed by atoms with Gasteiger partial charge in [0.05, 0.1) is 17.4 Å². The molecular formula is C13H15N7S. The van der Waals surface area contributed by atoms with E-state index in [2.05, 4.69) is 25.3 Å². The fourth-order valence-electron chi connectivity index (χ4n) is 2.81. The van der Waals surface area contributed by atoms with Gasteiger partial charge in [-0.05, 0) is 32.1 Å². The average molecular weight is 301 g/mol. The first-order valence-corrected chi connectivity index (χ1v) is 8.11. The Bertz CT molecular complexity index is 821. The number of aromatic nitrogens is 6. The van der Waals surface area contributed by atoms with E-state index in [1.54, 1.807) is 0 Å². The molecule has 0 amide bonds. The molecule has 0 aromatic carbocycles. The lowest BCUT2D eigenvalue weighted by Crippen LogP contribution is -2.44. The van der Waals surface area contributed by atoms with Crippen LogP contribution in [0.5, 0.6) is 0 Å². The molecule has 0 spiro atoms. The fraction of sp³-hybridized carbons (Fsp3) is 0.538. The Morgan fingerprint density at radius 3 is 2.90 bits per heavy atom. The zero-order chi connectivity index (χ0) is 14.0. The van der Waals surface area contributed by atoms with Crippen LogP contribution in [0.1, 0.15) is 49.7 Å². The van der Waals surface area contributed by atoms with E-state index in [0.717, 1.165) is 40.2 Å². The van der Waals surface area contributed by atoms with Gasteiger partial charge in [-0.2, -0.15) is 9.61 Å². The van der Waals surface area contributed by atoms with E-state index < -0.39 is 0 Å². The summed E-state index contributed by atoms with van der Waals surface area (Å²) in [6.07, 6.45) is 7.38. The highest BCUT2D eigenvalue weighted by atomic mass is 32.1. The number of imidazole rings is 1. The van der Waals surface area contributed by atoms with Crippen molar-refractivity contribution in [1.82, 2.24) is 29.8 Å². The SMILES string of the molecule is NC1(c2ncc(-c3nn4c(C5CC5)nnc4s3)[nH]2)CCC1. The van der Waals surface area contributed by atoms with Crippen molar-refractivity contribution >= 4 is 16.3 Å². The van der Waals surface area contributed by atoms with Crippen molar-refractivity contribution in [2.45, 2.75) is 43.6 Å². The Morgan fingerprint density at radius 1 is 1.33 bits per heavy atom. The molecule has 2 aliphatic rings. The maximum atomic E-state index is 6.30. The molecule has 0 atom stereocenters. The van der Waals surface area contributed by atoms with E-state index in [1.165, 1.54) is 30.6 Å². The summed E-state index contributed by atoms with van der Waals surface area (Å²) < 4.78 is 1.87. The van der Waals surface area contributed by atoms with Crippen LogP contribution in [0.3, 0.4) is 0 Å². The minimum absolute atomic E-state index is 0.267. The van der Waals surface area contributed by atoms with Crippen LogP contribution in [0, 0.1) is 0 Å². The quantitative estimate of drug-likeness (QED) is 0.768. The second kappa shape index (κ2) is 3.89. The van der Waals surface area contributed by atoms with Crippen LogP contribution in [-0.4, -0.2) is 29.8 Å². The minimum atomic E-state index is -0.267. The molecule has 3 aromatic heterocycles. The second-order valence-corrected chi connectivity index (χ2v) is 7.05. The van der Waals surface area contributed by atoms with Gasteiger partial charge in [-0.3, -0.25) is 0 Å². The molecule has 21 heavy (non-hydrogen) atoms. The second-order valence-electron chi connectivity index (χ2n) is 6.09. The molecule has 2 fully saturated rings. The van der Waals surface area contributed by atoms with Gasteiger partial charge in [0.15, 0.2) is 10.8 Å². The van der Waals surface area contributed by atoms with Crippen molar-refractivity contribution in [3.05, 3.63) is 17.8 Å². The van der Waals surface area contributed by atoms with E-state index in [0.29, 0.717) is 5.92 Å². The third kappa shape index (κ3) is 1.69. The van der Waals surface area contributed by atoms with E-state index >= 15 is 0 Å². The summed E-state index contributed by atoms with van der Waals surface area (Å²) in [5, 5.41) is 14.0. The van der Waals surface area contributed by atoms with Crippen LogP contribution in [-0.2, 0) is 5.54 Å². The monoisotopic (exact) mass is 301 g/mol.